The van der Waals surface area contributed by atoms with Crippen LogP contribution in [-0.2, 0) is 9.53 Å². The average Bonchev–Trinajstić information content (AvgIpc) is 2.39. The molecule has 0 aromatic carbocycles. The Morgan fingerprint density at radius 2 is 1.94 bits per heavy atom. The number of hydrogen-bond donors (Lipinski definition) is 1. The molecule has 18 heavy (non-hydrogen) atoms. The number of ether oxygens (including phenoxy) is 1. The second-order valence-corrected chi connectivity index (χ2v) is 4.99. The van der Waals surface area contributed by atoms with Crippen molar-refractivity contribution in [3.8, 4) is 0 Å². The normalized spacial score (nSPS) is 20.8. The van der Waals surface area contributed by atoms with Crippen molar-refractivity contribution in [1.29, 1.82) is 0 Å². The zero-order chi connectivity index (χ0) is 13.5. The Bertz CT molecular complexity index is 253. The summed E-state index contributed by atoms with van der Waals surface area (Å²) in [5.74, 6) is 0.167. The van der Waals surface area contributed by atoms with Gasteiger partial charge < -0.3 is 14.7 Å². The van der Waals surface area contributed by atoms with Gasteiger partial charge in [0.15, 0.2) is 0 Å². The molecule has 0 aromatic heterocycles. The van der Waals surface area contributed by atoms with Crippen molar-refractivity contribution >= 4 is 5.91 Å². The molecule has 0 unspecified atom stereocenters. The van der Waals surface area contributed by atoms with E-state index < -0.39 is 0 Å². The molecule has 0 radical (unpaired) electrons. The molecule has 2 atom stereocenters. The molecule has 1 heterocycles. The summed E-state index contributed by atoms with van der Waals surface area (Å²) in [5.41, 5.74) is 0. The van der Waals surface area contributed by atoms with Gasteiger partial charge in [0.1, 0.15) is 0 Å². The molecule has 0 saturated carbocycles. The number of amides is 1. The van der Waals surface area contributed by atoms with Gasteiger partial charge in [-0.1, -0.05) is 6.92 Å². The smallest absolute Gasteiger partial charge is 0.225 e. The monoisotopic (exact) mass is 258 g/mol. The van der Waals surface area contributed by atoms with Gasteiger partial charge in [0.2, 0.25) is 5.91 Å². The van der Waals surface area contributed by atoms with E-state index in [-0.39, 0.29) is 18.1 Å². The lowest BCUT2D eigenvalue weighted by atomic mass is 10.2. The number of piperazine rings is 1. The van der Waals surface area contributed by atoms with Gasteiger partial charge >= 0.3 is 0 Å². The highest BCUT2D eigenvalue weighted by Gasteiger charge is 2.22. The predicted octanol–water partition coefficient (Wildman–Crippen LogP) is 0.327. The maximum Gasteiger partial charge on any atom is 0.225 e. The molecule has 1 rings (SSSR count). The molecule has 0 spiro atoms. The SMILES string of the molecule is CC[C@H](O)CN1CCN(C(=O)C[C@H](C)OC)CC1. The van der Waals surface area contributed by atoms with Crippen LogP contribution in [0.15, 0.2) is 0 Å². The van der Waals surface area contributed by atoms with E-state index in [1.165, 1.54) is 0 Å². The minimum atomic E-state index is -0.249. The summed E-state index contributed by atoms with van der Waals surface area (Å²) in [7, 11) is 1.63. The number of rotatable bonds is 6. The molecule has 1 N–H and O–H groups in total. The quantitative estimate of drug-likeness (QED) is 0.746. The Morgan fingerprint density at radius 1 is 1.33 bits per heavy atom. The van der Waals surface area contributed by atoms with Crippen molar-refractivity contribution in [2.45, 2.75) is 38.9 Å². The van der Waals surface area contributed by atoms with Crippen LogP contribution in [0.3, 0.4) is 0 Å². The molecule has 0 aromatic rings. The molecule has 1 saturated heterocycles. The lowest BCUT2D eigenvalue weighted by Crippen LogP contribution is -2.50. The Morgan fingerprint density at radius 3 is 2.44 bits per heavy atom. The number of methoxy groups -OCH3 is 1. The number of nitrogens with zero attached hydrogens (tertiary/aromatic N) is 2. The van der Waals surface area contributed by atoms with Gasteiger partial charge in [0, 0.05) is 39.8 Å². The van der Waals surface area contributed by atoms with Gasteiger partial charge in [-0.15, -0.1) is 0 Å². The van der Waals surface area contributed by atoms with Gasteiger partial charge in [0.05, 0.1) is 18.6 Å². The van der Waals surface area contributed by atoms with E-state index in [0.717, 1.165) is 32.6 Å². The van der Waals surface area contributed by atoms with Crippen LogP contribution >= 0.6 is 0 Å². The maximum absolute atomic E-state index is 11.9. The number of hydrogen-bond acceptors (Lipinski definition) is 4. The summed E-state index contributed by atoms with van der Waals surface area (Å²) in [4.78, 5) is 16.0. The molecule has 1 aliphatic rings. The summed E-state index contributed by atoms with van der Waals surface area (Å²) in [6, 6.07) is 0. The van der Waals surface area contributed by atoms with Crippen molar-refractivity contribution in [1.82, 2.24) is 9.80 Å². The second kappa shape index (κ2) is 7.71. The first-order chi connectivity index (χ1) is 8.56. The summed E-state index contributed by atoms with van der Waals surface area (Å²) >= 11 is 0. The van der Waals surface area contributed by atoms with Crippen LogP contribution in [-0.4, -0.2) is 72.9 Å². The number of carbonyl (C=O) groups is 1. The second-order valence-electron chi connectivity index (χ2n) is 4.99. The van der Waals surface area contributed by atoms with Crippen molar-refractivity contribution in [2.75, 3.05) is 39.8 Å². The van der Waals surface area contributed by atoms with E-state index in [9.17, 15) is 9.90 Å². The van der Waals surface area contributed by atoms with Crippen LogP contribution in [0.5, 0.6) is 0 Å². The first kappa shape index (κ1) is 15.4. The Hall–Kier alpha value is -0.650. The van der Waals surface area contributed by atoms with E-state index in [1.54, 1.807) is 7.11 Å². The summed E-state index contributed by atoms with van der Waals surface area (Å²) < 4.78 is 5.11. The van der Waals surface area contributed by atoms with Gasteiger partial charge in [-0.05, 0) is 13.3 Å². The lowest BCUT2D eigenvalue weighted by molar-refractivity contribution is -0.135. The van der Waals surface area contributed by atoms with Gasteiger partial charge in [0.25, 0.3) is 0 Å². The topological polar surface area (TPSA) is 53.0 Å². The standard InChI is InChI=1S/C13H26N2O3/c1-4-12(16)10-14-5-7-15(8-6-14)13(17)9-11(2)18-3/h11-12,16H,4-10H2,1-3H3/t11-,12-/m0/s1. The van der Waals surface area contributed by atoms with Crippen molar-refractivity contribution in [2.24, 2.45) is 0 Å². The highest BCUT2D eigenvalue weighted by molar-refractivity contribution is 5.76. The third-order valence-corrected chi connectivity index (χ3v) is 3.53. The minimum absolute atomic E-state index is 0.0163. The number of carbonyl (C=O) groups excluding carboxylic acids is 1. The van der Waals surface area contributed by atoms with Crippen molar-refractivity contribution < 1.29 is 14.6 Å². The molecule has 0 aliphatic carbocycles. The number of aliphatic hydroxyl groups is 1. The fourth-order valence-corrected chi connectivity index (χ4v) is 2.07. The first-order valence-corrected chi connectivity index (χ1v) is 6.77. The van der Waals surface area contributed by atoms with Crippen LogP contribution in [0.2, 0.25) is 0 Å². The largest absolute Gasteiger partial charge is 0.392 e. The van der Waals surface area contributed by atoms with Gasteiger partial charge in [-0.2, -0.15) is 0 Å². The highest BCUT2D eigenvalue weighted by atomic mass is 16.5. The lowest BCUT2D eigenvalue weighted by Gasteiger charge is -2.35. The van der Waals surface area contributed by atoms with Crippen molar-refractivity contribution in [3.63, 3.8) is 0 Å². The van der Waals surface area contributed by atoms with Gasteiger partial charge in [-0.25, -0.2) is 0 Å². The van der Waals surface area contributed by atoms with Crippen LogP contribution in [0.25, 0.3) is 0 Å². The molecular weight excluding hydrogens is 232 g/mol. The number of β-amino-alcohol motifs (C(OH)–C–C–N with tert-alkyl or cyclic N) is 1. The van der Waals surface area contributed by atoms with Crippen LogP contribution < -0.4 is 0 Å². The Balaban J connectivity index is 2.28. The van der Waals surface area contributed by atoms with Crippen LogP contribution in [0.4, 0.5) is 0 Å². The minimum Gasteiger partial charge on any atom is -0.392 e. The highest BCUT2D eigenvalue weighted by Crippen LogP contribution is 2.07. The predicted molar refractivity (Wildman–Crippen MR) is 70.4 cm³/mol. The zero-order valence-corrected chi connectivity index (χ0v) is 11.8. The first-order valence-electron chi connectivity index (χ1n) is 6.77. The Kier molecular flexibility index (Phi) is 6.60. The molecule has 5 nitrogen and oxygen atoms in total. The van der Waals surface area contributed by atoms with E-state index in [0.29, 0.717) is 13.0 Å². The molecule has 5 heteroatoms. The molecule has 0 bridgehead atoms. The van der Waals surface area contributed by atoms with Crippen LogP contribution in [0.1, 0.15) is 26.7 Å². The van der Waals surface area contributed by atoms with E-state index >= 15 is 0 Å². The van der Waals surface area contributed by atoms with Crippen LogP contribution in [0, 0.1) is 0 Å². The molecule has 1 fully saturated rings. The maximum atomic E-state index is 11.9. The summed E-state index contributed by atoms with van der Waals surface area (Å²) in [5, 5.41) is 9.60. The summed E-state index contributed by atoms with van der Waals surface area (Å²) in [6.07, 6.45) is 0.969. The molecule has 1 aliphatic heterocycles. The molecular formula is C13H26N2O3. The molecule has 1 amide bonds. The average molecular weight is 258 g/mol. The van der Waals surface area contributed by atoms with Crippen molar-refractivity contribution in [3.05, 3.63) is 0 Å². The fourth-order valence-electron chi connectivity index (χ4n) is 2.07. The van der Waals surface area contributed by atoms with Gasteiger partial charge in [-0.3, -0.25) is 9.69 Å². The fraction of sp³-hybridized carbons (Fsp3) is 0.923. The van der Waals surface area contributed by atoms with E-state index in [1.807, 2.05) is 18.7 Å². The Labute approximate surface area is 110 Å². The third kappa shape index (κ3) is 4.92. The zero-order valence-electron chi connectivity index (χ0n) is 11.8. The van der Waals surface area contributed by atoms with E-state index in [2.05, 4.69) is 4.90 Å². The van der Waals surface area contributed by atoms with E-state index in [4.69, 9.17) is 4.74 Å². The summed E-state index contributed by atoms with van der Waals surface area (Å²) in [6.45, 7) is 7.82. The number of aliphatic hydroxyl groups excluding tert-OH is 1. The molecule has 106 valence electrons. The third-order valence-electron chi connectivity index (χ3n) is 3.53.